The van der Waals surface area contributed by atoms with Crippen LogP contribution in [0.5, 0.6) is 0 Å². The van der Waals surface area contributed by atoms with Gasteiger partial charge in [0, 0.05) is 6.42 Å². The number of halogens is 6. The molecule has 0 unspecified atom stereocenters. The second kappa shape index (κ2) is 5.35. The summed E-state index contributed by atoms with van der Waals surface area (Å²) in [7, 11) is 0. The van der Waals surface area contributed by atoms with Crippen LogP contribution in [0.2, 0.25) is 0 Å². The molecule has 1 rings (SSSR count). The Hall–Kier alpha value is -1.71. The van der Waals surface area contributed by atoms with E-state index in [2.05, 4.69) is 4.74 Å². The summed E-state index contributed by atoms with van der Waals surface area (Å²) in [5.74, 6) is -2.77. The van der Waals surface area contributed by atoms with Crippen molar-refractivity contribution in [3.05, 3.63) is 24.2 Å². The van der Waals surface area contributed by atoms with E-state index in [1.807, 2.05) is 0 Å². The molecule has 20 heavy (non-hydrogen) atoms. The zero-order valence-corrected chi connectivity index (χ0v) is 9.55. The summed E-state index contributed by atoms with van der Waals surface area (Å²) < 4.78 is 81.7. The topological polar surface area (TPSA) is 62.5 Å². The normalized spacial score (nSPS) is 13.3. The molecular weight excluding hydrogens is 298 g/mol. The van der Waals surface area contributed by atoms with Gasteiger partial charge in [0.05, 0.1) is 12.9 Å². The smallest absolute Gasteiger partial charge is 0.399 e. The molecule has 0 aliphatic rings. The lowest BCUT2D eigenvalue weighted by atomic mass is 10.0. The van der Waals surface area contributed by atoms with E-state index in [0.717, 1.165) is 0 Å². The Morgan fingerprint density at radius 1 is 1.20 bits per heavy atom. The largest absolute Gasteiger partial charge is 0.828 e. The van der Waals surface area contributed by atoms with Crippen LogP contribution in [0.3, 0.4) is 0 Å². The quantitative estimate of drug-likeness (QED) is 0.626. The van der Waals surface area contributed by atoms with Crippen LogP contribution in [-0.2, 0) is 16.0 Å². The number of carbonyl (C=O) groups excluding carboxylic acids is 1. The molecule has 0 saturated carbocycles. The van der Waals surface area contributed by atoms with Gasteiger partial charge in [-0.2, -0.15) is 26.3 Å². The van der Waals surface area contributed by atoms with Crippen LogP contribution in [-0.4, -0.2) is 30.5 Å². The molecule has 0 atom stereocenters. The van der Waals surface area contributed by atoms with E-state index in [0.29, 0.717) is 0 Å². The van der Waals surface area contributed by atoms with E-state index >= 15 is 0 Å². The fraction of sp³-hybridized carbons (Fsp3) is 0.500. The van der Waals surface area contributed by atoms with Gasteiger partial charge in [-0.1, -0.05) is 0 Å². The van der Waals surface area contributed by atoms with E-state index in [9.17, 15) is 36.2 Å². The maximum absolute atomic E-state index is 12.2. The van der Waals surface area contributed by atoms with Crippen LogP contribution in [0.25, 0.3) is 0 Å². The first kappa shape index (κ1) is 16.3. The average Bonchev–Trinajstić information content (AvgIpc) is 2.77. The maximum atomic E-state index is 12.2. The van der Waals surface area contributed by atoms with Gasteiger partial charge in [0.25, 0.3) is 0 Å². The van der Waals surface area contributed by atoms with Gasteiger partial charge in [0.15, 0.2) is 5.60 Å². The number of alkyl halides is 6. The van der Waals surface area contributed by atoms with Crippen molar-refractivity contribution in [3.8, 4) is 0 Å². The number of rotatable bonds is 4. The summed E-state index contributed by atoms with van der Waals surface area (Å²) in [5.41, 5.74) is -5.80. The Kier molecular flexibility index (Phi) is 4.37. The highest BCUT2D eigenvalue weighted by atomic mass is 19.4. The number of hydrogen-bond acceptors (Lipinski definition) is 4. The standard InChI is InChI=1S/C10H7F6O4/c11-9(12,13)8(18,10(14,15)16)7(17)20-5-3-6-2-1-4-19-6/h1-2,4H,3,5H2/q-1. The van der Waals surface area contributed by atoms with Gasteiger partial charge < -0.3 is 14.3 Å². The highest BCUT2D eigenvalue weighted by molar-refractivity contribution is 5.81. The SMILES string of the molecule is O=C(OCCc1ccco1)C([O-])(C(F)(F)F)C(F)(F)F. The highest BCUT2D eigenvalue weighted by Crippen LogP contribution is 2.41. The molecule has 1 aromatic heterocycles. The minimum Gasteiger partial charge on any atom is -0.828 e. The molecule has 0 fully saturated rings. The van der Waals surface area contributed by atoms with Crippen LogP contribution in [0.4, 0.5) is 26.3 Å². The maximum Gasteiger partial charge on any atom is 0.399 e. The molecule has 0 amide bonds. The minimum atomic E-state index is -6.35. The number of carbonyl (C=O) groups is 1. The molecule has 1 heterocycles. The minimum absolute atomic E-state index is 0.174. The van der Waals surface area contributed by atoms with Crippen molar-refractivity contribution in [2.45, 2.75) is 24.4 Å². The number of esters is 1. The third-order valence-electron chi connectivity index (χ3n) is 2.25. The molecule has 0 N–H and O–H groups in total. The second-order valence-corrected chi connectivity index (χ2v) is 3.64. The number of furan rings is 1. The Bertz CT molecular complexity index is 433. The van der Waals surface area contributed by atoms with Crippen molar-refractivity contribution < 1.29 is 45.4 Å². The molecule has 0 bridgehead atoms. The molecule has 0 aromatic carbocycles. The third kappa shape index (κ3) is 3.06. The summed E-state index contributed by atoms with van der Waals surface area (Å²) in [6, 6.07) is 2.78. The van der Waals surface area contributed by atoms with Crippen molar-refractivity contribution in [3.63, 3.8) is 0 Å². The third-order valence-corrected chi connectivity index (χ3v) is 2.25. The monoisotopic (exact) mass is 305 g/mol. The van der Waals surface area contributed by atoms with E-state index in [4.69, 9.17) is 4.42 Å². The first-order chi connectivity index (χ1) is 9.00. The lowest BCUT2D eigenvalue weighted by Gasteiger charge is -2.40. The van der Waals surface area contributed by atoms with Gasteiger partial charge in [-0.3, -0.25) is 4.79 Å². The van der Waals surface area contributed by atoms with Gasteiger partial charge in [-0.25, -0.2) is 0 Å². The summed E-state index contributed by atoms with van der Waals surface area (Å²) in [4.78, 5) is 10.9. The second-order valence-electron chi connectivity index (χ2n) is 3.64. The first-order valence-electron chi connectivity index (χ1n) is 5.03. The van der Waals surface area contributed by atoms with Gasteiger partial charge in [-0.15, -0.1) is 0 Å². The average molecular weight is 305 g/mol. The van der Waals surface area contributed by atoms with Gasteiger partial charge in [0.1, 0.15) is 5.76 Å². The summed E-state index contributed by atoms with van der Waals surface area (Å²) in [6.45, 7) is -0.845. The van der Waals surface area contributed by atoms with Crippen molar-refractivity contribution in [1.29, 1.82) is 0 Å². The number of ether oxygens (including phenoxy) is 1. The molecule has 114 valence electrons. The Morgan fingerprint density at radius 2 is 1.75 bits per heavy atom. The van der Waals surface area contributed by atoms with E-state index in [1.54, 1.807) is 0 Å². The molecule has 0 radical (unpaired) electrons. The van der Waals surface area contributed by atoms with Crippen LogP contribution in [0, 0.1) is 0 Å². The van der Waals surface area contributed by atoms with Crippen molar-refractivity contribution in [2.75, 3.05) is 6.61 Å². The summed E-state index contributed by atoms with van der Waals surface area (Å²) >= 11 is 0. The van der Waals surface area contributed by atoms with E-state index in [-0.39, 0.29) is 12.2 Å². The molecule has 0 aliphatic carbocycles. The molecule has 10 heteroatoms. The number of hydrogen-bond donors (Lipinski definition) is 0. The van der Waals surface area contributed by atoms with Crippen molar-refractivity contribution in [1.82, 2.24) is 0 Å². The zero-order chi connectivity index (χ0) is 15.6. The summed E-state index contributed by atoms with van der Waals surface area (Å²) in [6.07, 6.45) is -11.8. The molecule has 0 aliphatic heterocycles. The zero-order valence-electron chi connectivity index (χ0n) is 9.55. The Balaban J connectivity index is 2.75. The summed E-state index contributed by atoms with van der Waals surface area (Å²) in [5, 5.41) is 10.9. The first-order valence-corrected chi connectivity index (χ1v) is 5.03. The van der Waals surface area contributed by atoms with E-state index in [1.165, 1.54) is 18.4 Å². The van der Waals surface area contributed by atoms with E-state index < -0.39 is 30.5 Å². The van der Waals surface area contributed by atoms with Crippen LogP contribution in [0.15, 0.2) is 22.8 Å². The molecule has 0 saturated heterocycles. The fourth-order valence-corrected chi connectivity index (χ4v) is 1.19. The van der Waals surface area contributed by atoms with Crippen LogP contribution >= 0.6 is 0 Å². The Labute approximate surface area is 107 Å². The van der Waals surface area contributed by atoms with Gasteiger partial charge in [-0.05, 0) is 12.1 Å². The molecule has 4 nitrogen and oxygen atoms in total. The van der Waals surface area contributed by atoms with Crippen molar-refractivity contribution >= 4 is 5.97 Å². The molecule has 0 spiro atoms. The Morgan fingerprint density at radius 3 is 2.15 bits per heavy atom. The van der Waals surface area contributed by atoms with Gasteiger partial charge in [0.2, 0.25) is 0 Å². The lowest BCUT2D eigenvalue weighted by molar-refractivity contribution is -0.574. The predicted molar refractivity (Wildman–Crippen MR) is 48.2 cm³/mol. The fourth-order valence-electron chi connectivity index (χ4n) is 1.19. The van der Waals surface area contributed by atoms with Crippen LogP contribution in [0.1, 0.15) is 5.76 Å². The van der Waals surface area contributed by atoms with Crippen molar-refractivity contribution in [2.24, 2.45) is 0 Å². The molecular formula is C10H7F6O4-. The van der Waals surface area contributed by atoms with Gasteiger partial charge >= 0.3 is 18.3 Å². The highest BCUT2D eigenvalue weighted by Gasteiger charge is 2.68. The predicted octanol–water partition coefficient (Wildman–Crippen LogP) is 1.59. The lowest BCUT2D eigenvalue weighted by Crippen LogP contribution is -2.71. The molecule has 1 aromatic rings. The van der Waals surface area contributed by atoms with Crippen LogP contribution < -0.4 is 5.11 Å².